The summed E-state index contributed by atoms with van der Waals surface area (Å²) >= 11 is 0. The second-order valence-corrected chi connectivity index (χ2v) is 6.60. The molecule has 0 saturated heterocycles. The minimum absolute atomic E-state index is 0.0505. The Morgan fingerprint density at radius 2 is 1.90 bits per heavy atom. The van der Waals surface area contributed by atoms with Gasteiger partial charge in [-0.15, -0.1) is 5.10 Å². The van der Waals surface area contributed by atoms with Gasteiger partial charge in [0.25, 0.3) is 5.91 Å². The Balaban J connectivity index is 2.01. The van der Waals surface area contributed by atoms with Crippen molar-refractivity contribution in [3.63, 3.8) is 0 Å². The van der Waals surface area contributed by atoms with E-state index in [2.05, 4.69) is 15.6 Å². The summed E-state index contributed by atoms with van der Waals surface area (Å²) in [5.74, 6) is 0.492. The molecule has 9 heteroatoms. The van der Waals surface area contributed by atoms with Gasteiger partial charge in [-0.25, -0.2) is 4.68 Å². The van der Waals surface area contributed by atoms with E-state index in [0.717, 1.165) is 11.3 Å². The predicted molar refractivity (Wildman–Crippen MR) is 109 cm³/mol. The van der Waals surface area contributed by atoms with Gasteiger partial charge in [-0.2, -0.15) is 0 Å². The highest BCUT2D eigenvalue weighted by molar-refractivity contribution is 5.91. The van der Waals surface area contributed by atoms with Crippen LogP contribution in [0.1, 0.15) is 35.9 Å². The predicted octanol–water partition coefficient (Wildman–Crippen LogP) is 1.72. The molecule has 0 aliphatic carbocycles. The number of para-hydroxylation sites is 1. The van der Waals surface area contributed by atoms with Gasteiger partial charge in [0.05, 0.1) is 25.9 Å². The number of nitrogens with zero attached hydrogens (tertiary/aromatic N) is 4. The summed E-state index contributed by atoms with van der Waals surface area (Å²) in [5.41, 5.74) is 1.24. The molecule has 0 saturated carbocycles. The highest BCUT2D eigenvalue weighted by Gasteiger charge is 2.20. The SMILES string of the molecule is CCOC(Cn1cc(C(=O)NCC(c2ccccc2OC)N(C)C)nn1)OCC. The van der Waals surface area contributed by atoms with Gasteiger partial charge in [-0.3, -0.25) is 4.79 Å². The van der Waals surface area contributed by atoms with E-state index in [1.807, 2.05) is 57.1 Å². The summed E-state index contributed by atoms with van der Waals surface area (Å²) in [7, 11) is 5.56. The average Bonchev–Trinajstić information content (AvgIpc) is 3.17. The second-order valence-electron chi connectivity index (χ2n) is 6.60. The standard InChI is InChI=1S/C20H31N5O4/c1-6-28-19(29-7-2)14-25-13-16(22-23-25)20(26)21-12-17(24(3)4)15-10-8-9-11-18(15)27-5/h8-11,13,17,19H,6-7,12,14H2,1-5H3,(H,21,26). The lowest BCUT2D eigenvalue weighted by Crippen LogP contribution is -2.35. The first-order chi connectivity index (χ1) is 14.0. The molecule has 1 amide bonds. The summed E-state index contributed by atoms with van der Waals surface area (Å²) in [4.78, 5) is 14.6. The number of benzene rings is 1. The molecule has 0 fully saturated rings. The Morgan fingerprint density at radius 1 is 1.21 bits per heavy atom. The monoisotopic (exact) mass is 405 g/mol. The van der Waals surface area contributed by atoms with Gasteiger partial charge in [0, 0.05) is 25.3 Å². The first-order valence-electron chi connectivity index (χ1n) is 9.70. The molecule has 1 aromatic heterocycles. The van der Waals surface area contributed by atoms with Gasteiger partial charge in [-0.1, -0.05) is 23.4 Å². The molecular formula is C20H31N5O4. The Labute approximate surface area is 171 Å². The van der Waals surface area contributed by atoms with Crippen molar-refractivity contribution in [2.45, 2.75) is 32.7 Å². The van der Waals surface area contributed by atoms with Gasteiger partial charge in [0.1, 0.15) is 5.75 Å². The topological polar surface area (TPSA) is 90.7 Å². The smallest absolute Gasteiger partial charge is 0.273 e. The van der Waals surface area contributed by atoms with Crippen LogP contribution < -0.4 is 10.1 Å². The molecule has 0 aliphatic heterocycles. The molecule has 0 radical (unpaired) electrons. The maximum absolute atomic E-state index is 12.6. The second kappa shape index (κ2) is 11.5. The zero-order chi connectivity index (χ0) is 21.2. The Morgan fingerprint density at radius 3 is 2.52 bits per heavy atom. The molecule has 1 heterocycles. The third-order valence-electron chi connectivity index (χ3n) is 4.39. The fourth-order valence-electron chi connectivity index (χ4n) is 2.96. The number of rotatable bonds is 12. The van der Waals surface area contributed by atoms with E-state index in [0.29, 0.717) is 26.3 Å². The maximum atomic E-state index is 12.6. The summed E-state index contributed by atoms with van der Waals surface area (Å²) in [6.45, 7) is 5.62. The van der Waals surface area contributed by atoms with Crippen molar-refractivity contribution in [2.75, 3.05) is 41.0 Å². The van der Waals surface area contributed by atoms with Gasteiger partial charge in [-0.05, 0) is 34.0 Å². The van der Waals surface area contributed by atoms with E-state index in [1.54, 1.807) is 18.0 Å². The van der Waals surface area contributed by atoms with E-state index in [1.165, 1.54) is 0 Å². The lowest BCUT2D eigenvalue weighted by atomic mass is 10.0. The number of likely N-dealkylation sites (N-methyl/N-ethyl adjacent to an activating group) is 1. The van der Waals surface area contributed by atoms with Crippen molar-refractivity contribution in [2.24, 2.45) is 0 Å². The molecule has 1 N–H and O–H groups in total. The molecule has 1 atom stereocenters. The molecule has 160 valence electrons. The number of hydrogen-bond acceptors (Lipinski definition) is 7. The largest absolute Gasteiger partial charge is 0.496 e. The van der Waals surface area contributed by atoms with E-state index < -0.39 is 6.29 Å². The molecule has 1 aromatic carbocycles. The Kier molecular flexibility index (Phi) is 9.04. The van der Waals surface area contributed by atoms with Crippen molar-refractivity contribution in [3.8, 4) is 5.75 Å². The van der Waals surface area contributed by atoms with Crippen molar-refractivity contribution in [1.82, 2.24) is 25.2 Å². The van der Waals surface area contributed by atoms with Crippen molar-refractivity contribution in [3.05, 3.63) is 41.7 Å². The Bertz CT molecular complexity index is 759. The number of carbonyl (C=O) groups is 1. The molecule has 29 heavy (non-hydrogen) atoms. The van der Waals surface area contributed by atoms with Crippen LogP contribution in [0.5, 0.6) is 5.75 Å². The molecule has 2 rings (SSSR count). The molecule has 0 bridgehead atoms. The highest BCUT2D eigenvalue weighted by atomic mass is 16.7. The number of nitrogens with one attached hydrogen (secondary N) is 1. The van der Waals surface area contributed by atoms with Gasteiger partial charge < -0.3 is 24.4 Å². The van der Waals surface area contributed by atoms with Crippen LogP contribution in [0.2, 0.25) is 0 Å². The zero-order valence-corrected chi connectivity index (χ0v) is 17.8. The van der Waals surface area contributed by atoms with Gasteiger partial charge in [0.2, 0.25) is 0 Å². The number of carbonyl (C=O) groups excluding carboxylic acids is 1. The molecule has 2 aromatic rings. The molecule has 0 spiro atoms. The normalized spacial score (nSPS) is 12.4. The van der Waals surface area contributed by atoms with E-state index in [4.69, 9.17) is 14.2 Å². The Hall–Kier alpha value is -2.49. The molecule has 0 aliphatic rings. The van der Waals surface area contributed by atoms with Crippen molar-refractivity contribution in [1.29, 1.82) is 0 Å². The zero-order valence-electron chi connectivity index (χ0n) is 17.8. The van der Waals surface area contributed by atoms with Crippen LogP contribution in [0.15, 0.2) is 30.5 Å². The molecule has 9 nitrogen and oxygen atoms in total. The van der Waals surface area contributed by atoms with Crippen LogP contribution in [-0.4, -0.2) is 73.1 Å². The van der Waals surface area contributed by atoms with E-state index in [-0.39, 0.29) is 17.6 Å². The number of ether oxygens (including phenoxy) is 3. The lowest BCUT2D eigenvalue weighted by molar-refractivity contribution is -0.145. The van der Waals surface area contributed by atoms with E-state index in [9.17, 15) is 4.79 Å². The van der Waals surface area contributed by atoms with Crippen LogP contribution >= 0.6 is 0 Å². The number of hydrogen-bond donors (Lipinski definition) is 1. The minimum Gasteiger partial charge on any atom is -0.496 e. The van der Waals surface area contributed by atoms with Crippen LogP contribution in [0.3, 0.4) is 0 Å². The van der Waals surface area contributed by atoms with Crippen LogP contribution in [0.25, 0.3) is 0 Å². The summed E-state index contributed by atoms with van der Waals surface area (Å²) in [6, 6.07) is 7.73. The third kappa shape index (κ3) is 6.52. The number of amides is 1. The van der Waals surface area contributed by atoms with Gasteiger partial charge in [0.15, 0.2) is 12.0 Å². The fourth-order valence-corrected chi connectivity index (χ4v) is 2.96. The number of aromatic nitrogens is 3. The summed E-state index contributed by atoms with van der Waals surface area (Å²) in [5, 5.41) is 10.9. The summed E-state index contributed by atoms with van der Waals surface area (Å²) in [6.07, 6.45) is 1.17. The first-order valence-corrected chi connectivity index (χ1v) is 9.70. The quantitative estimate of drug-likeness (QED) is 0.538. The van der Waals surface area contributed by atoms with Crippen LogP contribution in [0.4, 0.5) is 0 Å². The van der Waals surface area contributed by atoms with E-state index >= 15 is 0 Å². The summed E-state index contributed by atoms with van der Waals surface area (Å²) < 4.78 is 18.0. The molecule has 1 unspecified atom stereocenters. The van der Waals surface area contributed by atoms with Gasteiger partial charge >= 0.3 is 0 Å². The van der Waals surface area contributed by atoms with Crippen molar-refractivity contribution >= 4 is 5.91 Å². The third-order valence-corrected chi connectivity index (χ3v) is 4.39. The first kappa shape index (κ1) is 22.8. The van der Waals surface area contributed by atoms with Crippen LogP contribution in [-0.2, 0) is 16.0 Å². The maximum Gasteiger partial charge on any atom is 0.273 e. The number of methoxy groups -OCH3 is 1. The highest BCUT2D eigenvalue weighted by Crippen LogP contribution is 2.27. The van der Waals surface area contributed by atoms with Crippen molar-refractivity contribution < 1.29 is 19.0 Å². The molecular weight excluding hydrogens is 374 g/mol. The average molecular weight is 405 g/mol. The fraction of sp³-hybridized carbons (Fsp3) is 0.550. The minimum atomic E-state index is -0.425. The van der Waals surface area contributed by atoms with Crippen LogP contribution in [0, 0.1) is 0 Å². The lowest BCUT2D eigenvalue weighted by Gasteiger charge is -2.26.